The number of piperazine rings is 1. The number of anilines is 2. The zero-order valence-corrected chi connectivity index (χ0v) is 25.2. The number of carbonyl (C=O) groups excluding carboxylic acids is 1. The maximum Gasteiger partial charge on any atom is 0.252 e. The van der Waals surface area contributed by atoms with E-state index in [0.29, 0.717) is 61.1 Å². The molecule has 0 saturated carbocycles. The summed E-state index contributed by atoms with van der Waals surface area (Å²) in [4.78, 5) is 29.9. The van der Waals surface area contributed by atoms with Crippen molar-refractivity contribution in [2.75, 3.05) is 64.1 Å². The molecule has 5 heterocycles. The first-order valence-corrected chi connectivity index (χ1v) is 14.9. The van der Waals surface area contributed by atoms with Crippen LogP contribution in [0.15, 0.2) is 83.6 Å². The standard InChI is InChI=1S/C32H34N10O3/c1-38(2)18-20-44-24-12-10-23(11-13-24)39-14-16-40(17-15-39)31(43)27(22-7-4-3-5-8-22)41-30-25(21-34-41)29-35-28(26-9-6-19-45-26)37-42(29)32(33)36-30/h3-13,19,21,27H,14-18,20H2,1-2H3,(H2,33,36). The van der Waals surface area contributed by atoms with Crippen LogP contribution in [-0.2, 0) is 4.79 Å². The molecule has 13 nitrogen and oxygen atoms in total. The molecule has 13 heteroatoms. The van der Waals surface area contributed by atoms with E-state index in [1.165, 1.54) is 4.52 Å². The number of hydrogen-bond acceptors (Lipinski definition) is 10. The third kappa shape index (κ3) is 5.53. The fourth-order valence-corrected chi connectivity index (χ4v) is 5.61. The third-order valence-electron chi connectivity index (χ3n) is 7.99. The van der Waals surface area contributed by atoms with Crippen LogP contribution in [0.2, 0.25) is 0 Å². The van der Waals surface area contributed by atoms with Gasteiger partial charge in [-0.25, -0.2) is 9.67 Å². The Morgan fingerprint density at radius 1 is 0.978 bits per heavy atom. The Morgan fingerprint density at radius 2 is 1.76 bits per heavy atom. The summed E-state index contributed by atoms with van der Waals surface area (Å²) >= 11 is 0. The van der Waals surface area contributed by atoms with Crippen LogP contribution >= 0.6 is 0 Å². The van der Waals surface area contributed by atoms with Gasteiger partial charge in [-0.05, 0) is 56.1 Å². The Kier molecular flexibility index (Phi) is 7.51. The molecule has 4 aromatic heterocycles. The molecule has 1 saturated heterocycles. The molecule has 1 aliphatic rings. The molecule has 1 aliphatic heterocycles. The molecule has 1 amide bonds. The van der Waals surface area contributed by atoms with Gasteiger partial charge in [0.2, 0.25) is 11.8 Å². The first kappa shape index (κ1) is 28.3. The van der Waals surface area contributed by atoms with Crippen molar-refractivity contribution in [3.8, 4) is 17.3 Å². The number of carbonyl (C=O) groups is 1. The van der Waals surface area contributed by atoms with Crippen molar-refractivity contribution in [1.82, 2.24) is 39.2 Å². The minimum absolute atomic E-state index is 0.0616. The zero-order valence-electron chi connectivity index (χ0n) is 25.2. The van der Waals surface area contributed by atoms with Crippen molar-refractivity contribution in [1.29, 1.82) is 0 Å². The van der Waals surface area contributed by atoms with Gasteiger partial charge < -0.3 is 29.6 Å². The van der Waals surface area contributed by atoms with Gasteiger partial charge in [-0.15, -0.1) is 5.10 Å². The molecule has 0 spiro atoms. The normalized spacial score (nSPS) is 14.5. The number of fused-ring (bicyclic) bond motifs is 3. The van der Waals surface area contributed by atoms with Crippen LogP contribution in [0.25, 0.3) is 28.3 Å². The molecule has 45 heavy (non-hydrogen) atoms. The van der Waals surface area contributed by atoms with Gasteiger partial charge in [0.15, 0.2) is 23.1 Å². The second-order valence-corrected chi connectivity index (χ2v) is 11.2. The van der Waals surface area contributed by atoms with Crippen molar-refractivity contribution >= 4 is 34.2 Å². The highest BCUT2D eigenvalue weighted by atomic mass is 16.5. The molecular weight excluding hydrogens is 572 g/mol. The number of ether oxygens (including phenoxy) is 1. The molecule has 230 valence electrons. The summed E-state index contributed by atoms with van der Waals surface area (Å²) < 4.78 is 14.4. The molecule has 7 rings (SSSR count). The van der Waals surface area contributed by atoms with E-state index in [9.17, 15) is 4.79 Å². The summed E-state index contributed by atoms with van der Waals surface area (Å²) in [5.74, 6) is 1.81. The average Bonchev–Trinajstić information content (AvgIpc) is 3.83. The maximum atomic E-state index is 14.3. The Hall–Kier alpha value is -5.43. The zero-order chi connectivity index (χ0) is 30.9. The number of amides is 1. The molecule has 0 radical (unpaired) electrons. The van der Waals surface area contributed by atoms with Gasteiger partial charge >= 0.3 is 0 Å². The van der Waals surface area contributed by atoms with Crippen LogP contribution in [0.4, 0.5) is 11.6 Å². The molecule has 1 atom stereocenters. The number of nitrogens with zero attached hydrogens (tertiary/aromatic N) is 9. The highest BCUT2D eigenvalue weighted by Gasteiger charge is 2.33. The molecule has 2 aromatic carbocycles. The van der Waals surface area contributed by atoms with Crippen molar-refractivity contribution in [2.45, 2.75) is 6.04 Å². The minimum atomic E-state index is -0.740. The predicted octanol–water partition coefficient (Wildman–Crippen LogP) is 3.19. The molecular formula is C32H34N10O3. The Balaban J connectivity index is 1.14. The van der Waals surface area contributed by atoms with E-state index in [0.717, 1.165) is 23.5 Å². The van der Waals surface area contributed by atoms with Crippen LogP contribution in [0, 0.1) is 0 Å². The van der Waals surface area contributed by atoms with E-state index in [1.807, 2.05) is 61.5 Å². The van der Waals surface area contributed by atoms with Crippen LogP contribution in [0.5, 0.6) is 5.75 Å². The number of rotatable bonds is 9. The second-order valence-electron chi connectivity index (χ2n) is 11.2. The Labute approximate surface area is 259 Å². The van der Waals surface area contributed by atoms with Gasteiger partial charge in [-0.1, -0.05) is 30.3 Å². The van der Waals surface area contributed by atoms with Crippen molar-refractivity contribution in [2.24, 2.45) is 0 Å². The second kappa shape index (κ2) is 11.9. The maximum absolute atomic E-state index is 14.3. The lowest BCUT2D eigenvalue weighted by Gasteiger charge is -2.37. The Morgan fingerprint density at radius 3 is 2.47 bits per heavy atom. The molecule has 6 aromatic rings. The van der Waals surface area contributed by atoms with Crippen molar-refractivity contribution in [3.05, 3.63) is 84.8 Å². The van der Waals surface area contributed by atoms with Crippen LogP contribution in [0.1, 0.15) is 11.6 Å². The van der Waals surface area contributed by atoms with E-state index < -0.39 is 6.04 Å². The largest absolute Gasteiger partial charge is 0.492 e. The Bertz CT molecular complexity index is 1910. The SMILES string of the molecule is CN(C)CCOc1ccc(N2CCN(C(=O)C(c3ccccc3)n3ncc4c3nc(N)n3nc(-c5ccco5)nc43)CC2)cc1. The van der Waals surface area contributed by atoms with E-state index in [2.05, 4.69) is 42.1 Å². The van der Waals surface area contributed by atoms with E-state index in [-0.39, 0.29) is 11.9 Å². The number of nitrogen functional groups attached to an aromatic ring is 1. The van der Waals surface area contributed by atoms with Crippen molar-refractivity contribution < 1.29 is 13.9 Å². The highest BCUT2D eigenvalue weighted by molar-refractivity contribution is 5.92. The summed E-state index contributed by atoms with van der Waals surface area (Å²) in [6.07, 6.45) is 3.22. The van der Waals surface area contributed by atoms with Crippen molar-refractivity contribution in [3.63, 3.8) is 0 Å². The first-order chi connectivity index (χ1) is 22.0. The number of likely N-dealkylation sites (N-methyl/N-ethyl adjacent to an activating group) is 1. The molecule has 2 N–H and O–H groups in total. The summed E-state index contributed by atoms with van der Waals surface area (Å²) in [7, 11) is 4.05. The predicted molar refractivity (Wildman–Crippen MR) is 170 cm³/mol. The van der Waals surface area contributed by atoms with Gasteiger partial charge in [0.05, 0.1) is 17.8 Å². The van der Waals surface area contributed by atoms with Crippen LogP contribution in [-0.4, -0.2) is 98.5 Å². The lowest BCUT2D eigenvalue weighted by molar-refractivity contribution is -0.134. The molecule has 1 unspecified atom stereocenters. The quantitative estimate of drug-likeness (QED) is 0.261. The number of nitrogens with two attached hydrogens (primary N) is 1. The lowest BCUT2D eigenvalue weighted by Crippen LogP contribution is -2.51. The van der Waals surface area contributed by atoms with E-state index >= 15 is 0 Å². The van der Waals surface area contributed by atoms with Gasteiger partial charge in [0.1, 0.15) is 12.4 Å². The highest BCUT2D eigenvalue weighted by Crippen LogP contribution is 2.29. The number of benzene rings is 2. The molecule has 1 fully saturated rings. The summed E-state index contributed by atoms with van der Waals surface area (Å²) in [5, 5.41) is 9.78. The molecule has 0 bridgehead atoms. The summed E-state index contributed by atoms with van der Waals surface area (Å²) in [6.45, 7) is 4.04. The minimum Gasteiger partial charge on any atom is -0.492 e. The number of furan rings is 1. The third-order valence-corrected chi connectivity index (χ3v) is 7.99. The molecule has 0 aliphatic carbocycles. The number of hydrogen-bond donors (Lipinski definition) is 1. The van der Waals surface area contributed by atoms with Gasteiger partial charge in [0.25, 0.3) is 5.91 Å². The lowest BCUT2D eigenvalue weighted by atomic mass is 10.0. The van der Waals surface area contributed by atoms with Gasteiger partial charge in [-0.2, -0.15) is 14.6 Å². The van der Waals surface area contributed by atoms with Gasteiger partial charge in [0, 0.05) is 38.4 Å². The summed E-state index contributed by atoms with van der Waals surface area (Å²) in [6, 6.07) is 20.6. The van der Waals surface area contributed by atoms with E-state index in [1.54, 1.807) is 29.3 Å². The first-order valence-electron chi connectivity index (χ1n) is 14.9. The topological polar surface area (TPSA) is 136 Å². The average molecular weight is 607 g/mol. The van der Waals surface area contributed by atoms with E-state index in [4.69, 9.17) is 14.9 Å². The van der Waals surface area contributed by atoms with Crippen LogP contribution in [0.3, 0.4) is 0 Å². The fraction of sp³-hybridized carbons (Fsp3) is 0.281. The van der Waals surface area contributed by atoms with Crippen LogP contribution < -0.4 is 15.4 Å². The number of aromatic nitrogens is 6. The monoisotopic (exact) mass is 606 g/mol. The summed E-state index contributed by atoms with van der Waals surface area (Å²) in [5.41, 5.74) is 9.20. The smallest absolute Gasteiger partial charge is 0.252 e. The van der Waals surface area contributed by atoms with Gasteiger partial charge in [-0.3, -0.25) is 4.79 Å². The fourth-order valence-electron chi connectivity index (χ4n) is 5.61.